The number of hydrogen-bond acceptors (Lipinski definition) is 12. The Kier molecular flexibility index (Phi) is 17.6. The van der Waals surface area contributed by atoms with Crippen molar-refractivity contribution in [3.63, 3.8) is 0 Å². The van der Waals surface area contributed by atoms with Crippen molar-refractivity contribution in [2.45, 2.75) is 9.79 Å². The van der Waals surface area contributed by atoms with Crippen molar-refractivity contribution in [2.75, 3.05) is 0 Å². The normalized spacial score (nSPS) is 12.7. The molecule has 12 nitrogen and oxygen atoms in total. The molecular weight excluding hydrogens is 829 g/mol. The Morgan fingerprint density at radius 3 is 1.78 bits per heavy atom. The first-order chi connectivity index (χ1) is 26.2. The number of thioether (sulfide) groups is 1. The van der Waals surface area contributed by atoms with Gasteiger partial charge in [-0.25, -0.2) is 0 Å². The number of benzene rings is 4. The molecule has 1 aliphatic rings. The minimum absolute atomic E-state index is 0.0967. The standard InChI is InChI=1S/C37H26O3S3.3O3S/c38-43(39,40)37-24-14-11-21-32(37)36-26-29(31-20-10-13-23-34(31)42-36)18-6-3-1-2-5-17-28-25-35(27-15-7-4-8-16-27)41-33-22-12-9-19-30(28)33;3*1-4(2)3/h1-26H;;;/p+1. The van der Waals surface area contributed by atoms with Gasteiger partial charge >= 0.3 is 31.8 Å². The maximum absolute atomic E-state index is 12.0. The zero-order valence-corrected chi connectivity index (χ0v) is 32.8. The molecule has 0 spiro atoms. The summed E-state index contributed by atoms with van der Waals surface area (Å²) in [7, 11) is -13.7. The Bertz CT molecular complexity index is 2690. The molecule has 0 bridgehead atoms. The van der Waals surface area contributed by atoms with Gasteiger partial charge < -0.3 is 0 Å². The lowest BCUT2D eigenvalue weighted by Gasteiger charge is -2.20. The van der Waals surface area contributed by atoms with Crippen LogP contribution in [0.2, 0.25) is 0 Å². The van der Waals surface area contributed by atoms with E-state index in [9.17, 15) is 13.0 Å². The third-order valence-electron chi connectivity index (χ3n) is 6.89. The lowest BCUT2D eigenvalue weighted by Crippen LogP contribution is -2.03. The summed E-state index contributed by atoms with van der Waals surface area (Å²) >= 11 is 3.29. The topological polar surface area (TPSA) is 208 Å². The highest BCUT2D eigenvalue weighted by Crippen LogP contribution is 2.46. The van der Waals surface area contributed by atoms with Crippen LogP contribution < -0.4 is 0 Å². The van der Waals surface area contributed by atoms with Gasteiger partial charge in [-0.3, -0.25) is 4.55 Å². The third-order valence-corrected chi connectivity index (χ3v) is 10.1. The molecule has 6 rings (SSSR count). The van der Waals surface area contributed by atoms with E-state index in [1.165, 1.54) is 43.9 Å². The molecule has 0 saturated carbocycles. The number of hydrogen-bond donors (Lipinski definition) is 1. The van der Waals surface area contributed by atoms with Crippen molar-refractivity contribution >= 4 is 91.7 Å². The third kappa shape index (κ3) is 15.1. The van der Waals surface area contributed by atoms with E-state index in [4.69, 9.17) is 37.9 Å². The minimum atomic E-state index is -4.36. The minimum Gasteiger partial charge on any atom is -0.282 e. The molecular formula is C37H27O12S6+. The van der Waals surface area contributed by atoms with Crippen LogP contribution >= 0.6 is 23.1 Å². The molecule has 0 radical (unpaired) electrons. The Morgan fingerprint density at radius 2 is 1.13 bits per heavy atom. The van der Waals surface area contributed by atoms with Crippen LogP contribution in [0.15, 0.2) is 162 Å². The Labute approximate surface area is 329 Å². The van der Waals surface area contributed by atoms with Crippen molar-refractivity contribution in [1.29, 1.82) is 0 Å². The summed E-state index contributed by atoms with van der Waals surface area (Å²) in [5.74, 6) is 0. The SMILES string of the molecule is O=S(=O)(O)c1ccccc1C1=C\C(=C/C=C/C=C/C=C/c2cc(-c3ccccc3)[s+]c3ccccc23)c2ccccc2S1.O=S(=O)=O.O=S(=O)=O.O=S(=O)=O. The summed E-state index contributed by atoms with van der Waals surface area (Å²) in [6.07, 6.45) is 16.1. The van der Waals surface area contributed by atoms with Gasteiger partial charge in [0.2, 0.25) is 20.9 Å². The quantitative estimate of drug-likeness (QED) is 0.0960. The van der Waals surface area contributed by atoms with Gasteiger partial charge in [0.1, 0.15) is 4.90 Å². The maximum Gasteiger partial charge on any atom is 0.425 e. The predicted molar refractivity (Wildman–Crippen MR) is 213 cm³/mol. The summed E-state index contributed by atoms with van der Waals surface area (Å²) in [6.45, 7) is 0. The largest absolute Gasteiger partial charge is 0.425 e. The molecule has 0 atom stereocenters. The monoisotopic (exact) mass is 855 g/mol. The Hall–Kier alpha value is -5.47. The van der Waals surface area contributed by atoms with Gasteiger partial charge in [-0.2, -0.15) is 8.42 Å². The van der Waals surface area contributed by atoms with Gasteiger partial charge in [-0.15, -0.1) is 37.9 Å². The highest BCUT2D eigenvalue weighted by molar-refractivity contribution is 8.08. The lowest BCUT2D eigenvalue weighted by atomic mass is 10.0. The van der Waals surface area contributed by atoms with E-state index in [0.29, 0.717) is 5.56 Å². The van der Waals surface area contributed by atoms with Crippen molar-refractivity contribution in [2.24, 2.45) is 0 Å². The maximum atomic E-state index is 12.0. The molecule has 5 aromatic rings. The fourth-order valence-corrected chi connectivity index (χ4v) is 7.92. The van der Waals surface area contributed by atoms with E-state index in [-0.39, 0.29) is 4.90 Å². The van der Waals surface area contributed by atoms with Crippen LogP contribution in [0.5, 0.6) is 0 Å². The van der Waals surface area contributed by atoms with Crippen LogP contribution in [-0.2, 0) is 41.9 Å². The van der Waals surface area contributed by atoms with Gasteiger partial charge in [0.25, 0.3) is 10.1 Å². The number of rotatable bonds is 7. The van der Waals surface area contributed by atoms with E-state index in [0.717, 1.165) is 20.9 Å². The van der Waals surface area contributed by atoms with Crippen molar-refractivity contribution in [3.8, 4) is 10.4 Å². The first kappa shape index (κ1) is 43.9. The fraction of sp³-hybridized carbons (Fsp3) is 0. The van der Waals surface area contributed by atoms with E-state index >= 15 is 0 Å². The molecule has 0 fully saturated rings. The number of allylic oxidation sites excluding steroid dienone is 8. The molecule has 1 N–H and O–H groups in total. The molecule has 55 heavy (non-hydrogen) atoms. The van der Waals surface area contributed by atoms with Crippen LogP contribution in [-0.4, -0.2) is 50.9 Å². The highest BCUT2D eigenvalue weighted by Gasteiger charge is 2.22. The number of fused-ring (bicyclic) bond motifs is 2. The van der Waals surface area contributed by atoms with Gasteiger partial charge in [-0.05, 0) is 53.1 Å². The van der Waals surface area contributed by atoms with Gasteiger partial charge in [0.05, 0.1) is 0 Å². The van der Waals surface area contributed by atoms with Crippen LogP contribution in [0.4, 0.5) is 0 Å². The zero-order chi connectivity index (χ0) is 40.4. The van der Waals surface area contributed by atoms with Gasteiger partial charge in [0, 0.05) is 38.4 Å². The second-order valence-electron chi connectivity index (χ2n) is 10.4. The molecule has 0 aliphatic carbocycles. The highest BCUT2D eigenvalue weighted by atomic mass is 32.2. The molecule has 0 amide bonds. The first-order valence-corrected chi connectivity index (χ1v) is 21.2. The average Bonchev–Trinajstić information content (AvgIpc) is 3.13. The lowest BCUT2D eigenvalue weighted by molar-refractivity contribution is 0.483. The summed E-state index contributed by atoms with van der Waals surface area (Å²) < 4.78 is 111. The fourth-order valence-electron chi connectivity index (χ4n) is 4.88. The predicted octanol–water partition coefficient (Wildman–Crippen LogP) is 7.44. The molecule has 4 aromatic carbocycles. The second kappa shape index (κ2) is 22.0. The summed E-state index contributed by atoms with van der Waals surface area (Å²) in [5, 5.41) is 1.23. The van der Waals surface area contributed by atoms with Crippen LogP contribution in [0.1, 0.15) is 16.7 Å². The summed E-state index contributed by atoms with van der Waals surface area (Å²) in [5.41, 5.74) is 4.89. The molecule has 1 aliphatic heterocycles. The van der Waals surface area contributed by atoms with Crippen molar-refractivity contribution in [3.05, 3.63) is 168 Å². The van der Waals surface area contributed by atoms with Crippen molar-refractivity contribution < 1.29 is 50.9 Å². The smallest absolute Gasteiger partial charge is 0.282 e. The Balaban J connectivity index is 0.000000595. The average molecular weight is 856 g/mol. The van der Waals surface area contributed by atoms with Crippen LogP contribution in [0.25, 0.3) is 37.1 Å². The first-order valence-electron chi connectivity index (χ1n) is 15.2. The Morgan fingerprint density at radius 1 is 0.600 bits per heavy atom. The molecule has 18 heteroatoms. The van der Waals surface area contributed by atoms with Crippen LogP contribution in [0, 0.1) is 0 Å². The summed E-state index contributed by atoms with van der Waals surface area (Å²) in [6, 6.07) is 35.7. The van der Waals surface area contributed by atoms with Gasteiger partial charge in [-0.1, -0.05) is 121 Å². The summed E-state index contributed by atoms with van der Waals surface area (Å²) in [4.78, 5) is 2.91. The molecule has 0 unspecified atom stereocenters. The molecule has 0 saturated heterocycles. The van der Waals surface area contributed by atoms with E-state index in [1.54, 1.807) is 29.5 Å². The zero-order valence-electron chi connectivity index (χ0n) is 27.9. The van der Waals surface area contributed by atoms with Crippen molar-refractivity contribution in [1.82, 2.24) is 0 Å². The van der Waals surface area contributed by atoms with Gasteiger partial charge in [0.15, 0.2) is 0 Å². The second-order valence-corrected chi connectivity index (χ2v) is 15.2. The van der Waals surface area contributed by atoms with E-state index < -0.39 is 41.9 Å². The van der Waals surface area contributed by atoms with Crippen LogP contribution in [0.3, 0.4) is 0 Å². The van der Waals surface area contributed by atoms with E-state index in [2.05, 4.69) is 72.8 Å². The molecule has 282 valence electrons. The molecule has 1 aromatic heterocycles. The molecule has 2 heterocycles. The van der Waals surface area contributed by atoms with E-state index in [1.807, 2.05) is 60.7 Å².